The molecule has 0 bridgehead atoms. The maximum Gasteiger partial charge on any atom is 0.261 e. The van der Waals surface area contributed by atoms with E-state index in [1.165, 1.54) is 24.2 Å². The fourth-order valence-electron chi connectivity index (χ4n) is 3.12. The minimum Gasteiger partial charge on any atom is -0.395 e. The van der Waals surface area contributed by atoms with Gasteiger partial charge in [0.15, 0.2) is 0 Å². The molecule has 0 saturated heterocycles. The lowest BCUT2D eigenvalue weighted by atomic mass is 10.0. The molecule has 1 aliphatic rings. The highest BCUT2D eigenvalue weighted by Crippen LogP contribution is 2.25. The quantitative estimate of drug-likeness (QED) is 0.476. The molecular weight excluding hydrogens is 352 g/mol. The molecule has 2 heterocycles. The van der Waals surface area contributed by atoms with E-state index in [0.29, 0.717) is 27.7 Å². The second kappa shape index (κ2) is 8.29. The number of H-pyrrole nitrogens is 1. The van der Waals surface area contributed by atoms with E-state index in [9.17, 15) is 9.59 Å². The molecule has 2 aromatic rings. The summed E-state index contributed by atoms with van der Waals surface area (Å²) in [5.41, 5.74) is 1.23. The zero-order chi connectivity index (χ0) is 18.5. The van der Waals surface area contributed by atoms with E-state index in [0.717, 1.165) is 12.8 Å². The van der Waals surface area contributed by atoms with Crippen LogP contribution in [0.25, 0.3) is 0 Å². The highest BCUT2D eigenvalue weighted by atomic mass is 32.1. The number of nitrogens with one attached hydrogen (secondary N) is 4. The third-order valence-electron chi connectivity index (χ3n) is 4.43. The fourth-order valence-corrected chi connectivity index (χ4v) is 3.94. The minimum absolute atomic E-state index is 0.0878. The van der Waals surface area contributed by atoms with E-state index in [1.807, 2.05) is 0 Å². The van der Waals surface area contributed by atoms with Crippen molar-refractivity contribution in [3.05, 3.63) is 50.1 Å². The summed E-state index contributed by atoms with van der Waals surface area (Å²) >= 11 is 1.21. The van der Waals surface area contributed by atoms with Gasteiger partial charge in [-0.05, 0) is 25.0 Å². The van der Waals surface area contributed by atoms with Gasteiger partial charge in [0, 0.05) is 29.7 Å². The van der Waals surface area contributed by atoms with E-state index >= 15 is 0 Å². The summed E-state index contributed by atoms with van der Waals surface area (Å²) < 4.78 is 0. The van der Waals surface area contributed by atoms with Gasteiger partial charge in [-0.1, -0.05) is 12.8 Å². The molecule has 138 valence electrons. The number of carbonyl (C=O) groups is 1. The summed E-state index contributed by atoms with van der Waals surface area (Å²) in [6.07, 6.45) is 6.05. The molecule has 1 saturated carbocycles. The Morgan fingerprint density at radius 3 is 2.88 bits per heavy atom. The number of anilines is 1. The number of rotatable bonds is 7. The monoisotopic (exact) mass is 374 g/mol. The van der Waals surface area contributed by atoms with Gasteiger partial charge < -0.3 is 20.7 Å². The van der Waals surface area contributed by atoms with Crippen LogP contribution in [0.3, 0.4) is 0 Å². The molecule has 1 amide bonds. The first-order valence-corrected chi connectivity index (χ1v) is 9.53. The first kappa shape index (κ1) is 18.3. The normalized spacial score (nSPS) is 14.3. The molecule has 0 aliphatic heterocycles. The average molecular weight is 374 g/mol. The molecule has 1 aliphatic carbocycles. The van der Waals surface area contributed by atoms with Crippen molar-refractivity contribution in [2.24, 2.45) is 0 Å². The zero-order valence-electron chi connectivity index (χ0n) is 14.3. The third kappa shape index (κ3) is 4.03. The van der Waals surface area contributed by atoms with Crippen molar-refractivity contribution >= 4 is 28.6 Å². The first-order chi connectivity index (χ1) is 12.6. The van der Waals surface area contributed by atoms with Gasteiger partial charge in [0.1, 0.15) is 0 Å². The standard InChI is InChI=1S/C18H22N4O3S/c19-16(11-9-14(26-10-11)17(24)21-7-8-23)15-13(5-6-20-18(15)25)22-12-3-1-2-4-12/h5-6,9-10,12,19,23H,1-4,7-8H2,(H,21,24)(H2,20,22,25). The number of aliphatic hydroxyl groups is 1. The van der Waals surface area contributed by atoms with Gasteiger partial charge in [-0.2, -0.15) is 0 Å². The number of amides is 1. The van der Waals surface area contributed by atoms with Crippen LogP contribution in [0.5, 0.6) is 0 Å². The molecule has 0 spiro atoms. The maximum absolute atomic E-state index is 12.4. The molecular formula is C18H22N4O3S. The van der Waals surface area contributed by atoms with Crippen LogP contribution < -0.4 is 16.2 Å². The molecule has 2 aromatic heterocycles. The van der Waals surface area contributed by atoms with E-state index in [2.05, 4.69) is 15.6 Å². The van der Waals surface area contributed by atoms with Crippen molar-refractivity contribution < 1.29 is 9.90 Å². The van der Waals surface area contributed by atoms with Gasteiger partial charge >= 0.3 is 0 Å². The van der Waals surface area contributed by atoms with Crippen molar-refractivity contribution in [3.8, 4) is 0 Å². The number of aliphatic hydroxyl groups excluding tert-OH is 1. The minimum atomic E-state index is -0.324. The van der Waals surface area contributed by atoms with Crippen molar-refractivity contribution in [1.82, 2.24) is 10.3 Å². The van der Waals surface area contributed by atoms with Crippen LogP contribution in [0.1, 0.15) is 46.5 Å². The Morgan fingerprint density at radius 2 is 2.15 bits per heavy atom. The maximum atomic E-state index is 12.4. The number of carbonyl (C=O) groups excluding carboxylic acids is 1. The number of pyridine rings is 1. The molecule has 1 fully saturated rings. The van der Waals surface area contributed by atoms with Crippen LogP contribution in [0.2, 0.25) is 0 Å². The Labute approximate surface area is 155 Å². The van der Waals surface area contributed by atoms with Crippen LogP contribution in [0.4, 0.5) is 5.69 Å². The number of hydrogen-bond donors (Lipinski definition) is 5. The smallest absolute Gasteiger partial charge is 0.261 e. The van der Waals surface area contributed by atoms with Gasteiger partial charge in [-0.25, -0.2) is 0 Å². The Hall–Kier alpha value is -2.45. The Bertz CT molecular complexity index is 852. The highest BCUT2D eigenvalue weighted by Gasteiger charge is 2.21. The van der Waals surface area contributed by atoms with E-state index in [4.69, 9.17) is 10.5 Å². The predicted octanol–water partition coefficient (Wildman–Crippen LogP) is 1.93. The SMILES string of the molecule is N=C(c1csc(C(=O)NCCO)c1)c1c(NC2CCCC2)cc[nH]c1=O. The van der Waals surface area contributed by atoms with Crippen molar-refractivity contribution in [2.45, 2.75) is 31.7 Å². The Balaban J connectivity index is 1.84. The van der Waals surface area contributed by atoms with Crippen LogP contribution in [-0.2, 0) is 0 Å². The summed E-state index contributed by atoms with van der Waals surface area (Å²) in [6, 6.07) is 3.71. The predicted molar refractivity (Wildman–Crippen MR) is 103 cm³/mol. The van der Waals surface area contributed by atoms with Crippen molar-refractivity contribution in [3.63, 3.8) is 0 Å². The number of aromatic amines is 1. The second-order valence-corrected chi connectivity index (χ2v) is 7.19. The molecule has 0 atom stereocenters. The lowest BCUT2D eigenvalue weighted by molar-refractivity contribution is 0.0949. The topological polar surface area (TPSA) is 118 Å². The van der Waals surface area contributed by atoms with Gasteiger partial charge in [0.25, 0.3) is 11.5 Å². The summed E-state index contributed by atoms with van der Waals surface area (Å²) in [4.78, 5) is 27.4. The summed E-state index contributed by atoms with van der Waals surface area (Å²) in [5, 5.41) is 25.0. The Kier molecular flexibility index (Phi) is 5.85. The van der Waals surface area contributed by atoms with E-state index in [1.54, 1.807) is 23.7 Å². The molecule has 5 N–H and O–H groups in total. The van der Waals surface area contributed by atoms with E-state index in [-0.39, 0.29) is 30.3 Å². The lowest BCUT2D eigenvalue weighted by Gasteiger charge is -2.16. The molecule has 3 rings (SSSR count). The third-order valence-corrected chi connectivity index (χ3v) is 5.36. The van der Waals surface area contributed by atoms with Crippen LogP contribution in [0.15, 0.2) is 28.5 Å². The fraction of sp³-hybridized carbons (Fsp3) is 0.389. The van der Waals surface area contributed by atoms with E-state index < -0.39 is 0 Å². The number of hydrogen-bond acceptors (Lipinski definition) is 6. The average Bonchev–Trinajstić information content (AvgIpc) is 3.31. The van der Waals surface area contributed by atoms with Gasteiger partial charge in [0.05, 0.1) is 28.4 Å². The number of thiophene rings is 1. The number of aromatic nitrogens is 1. The summed E-state index contributed by atoms with van der Waals surface area (Å²) in [7, 11) is 0. The summed E-state index contributed by atoms with van der Waals surface area (Å²) in [6.45, 7) is 0.0483. The summed E-state index contributed by atoms with van der Waals surface area (Å²) in [5.74, 6) is -0.297. The lowest BCUT2D eigenvalue weighted by Crippen LogP contribution is -2.25. The molecule has 8 heteroatoms. The first-order valence-electron chi connectivity index (χ1n) is 8.65. The van der Waals surface area contributed by atoms with Crippen LogP contribution in [0, 0.1) is 5.41 Å². The molecule has 7 nitrogen and oxygen atoms in total. The Morgan fingerprint density at radius 1 is 1.38 bits per heavy atom. The second-order valence-electron chi connectivity index (χ2n) is 6.28. The van der Waals surface area contributed by atoms with Crippen molar-refractivity contribution in [1.29, 1.82) is 5.41 Å². The zero-order valence-corrected chi connectivity index (χ0v) is 15.1. The van der Waals surface area contributed by atoms with Gasteiger partial charge in [0.2, 0.25) is 0 Å². The van der Waals surface area contributed by atoms with Crippen LogP contribution >= 0.6 is 11.3 Å². The molecule has 0 aromatic carbocycles. The van der Waals surface area contributed by atoms with Crippen LogP contribution in [-0.4, -0.2) is 40.9 Å². The largest absolute Gasteiger partial charge is 0.395 e. The van der Waals surface area contributed by atoms with Gasteiger partial charge in [-0.15, -0.1) is 11.3 Å². The molecule has 0 unspecified atom stereocenters. The molecule has 26 heavy (non-hydrogen) atoms. The highest BCUT2D eigenvalue weighted by molar-refractivity contribution is 7.12. The molecule has 0 radical (unpaired) electrons. The van der Waals surface area contributed by atoms with Crippen molar-refractivity contribution in [2.75, 3.05) is 18.5 Å². The van der Waals surface area contributed by atoms with Gasteiger partial charge in [-0.3, -0.25) is 15.0 Å².